The van der Waals surface area contributed by atoms with Crippen molar-refractivity contribution in [3.05, 3.63) is 71.9 Å². The van der Waals surface area contributed by atoms with E-state index in [1.807, 2.05) is 12.1 Å². The van der Waals surface area contributed by atoms with Crippen LogP contribution >= 0.6 is 0 Å². The van der Waals surface area contributed by atoms with E-state index in [2.05, 4.69) is 52.1 Å². The van der Waals surface area contributed by atoms with Crippen LogP contribution in [0.4, 0.5) is 0 Å². The molecule has 1 aliphatic rings. The molecule has 0 aliphatic carbocycles. The van der Waals surface area contributed by atoms with Crippen molar-refractivity contribution in [2.45, 2.75) is 26.3 Å². The van der Waals surface area contributed by atoms with Crippen LogP contribution in [0.25, 0.3) is 16.9 Å². The maximum atomic E-state index is 6.14. The molecule has 28 heavy (non-hydrogen) atoms. The van der Waals surface area contributed by atoms with Crippen molar-refractivity contribution in [3.63, 3.8) is 0 Å². The number of hydrogen-bond donors (Lipinski definition) is 0. The maximum Gasteiger partial charge on any atom is 0.223 e. The Morgan fingerprint density at radius 2 is 1.93 bits per heavy atom. The molecular weight excluding hydrogens is 350 g/mol. The molecule has 1 aliphatic heterocycles. The maximum absolute atomic E-state index is 6.14. The molecule has 1 aromatic carbocycles. The summed E-state index contributed by atoms with van der Waals surface area (Å²) in [6, 6.07) is 14.4. The average Bonchev–Trinajstić information content (AvgIpc) is 3.25. The zero-order chi connectivity index (χ0) is 19.3. The molecule has 0 radical (unpaired) electrons. The molecule has 0 unspecified atom stereocenters. The van der Waals surface area contributed by atoms with E-state index in [-0.39, 0.29) is 0 Å². The first-order valence-electron chi connectivity index (χ1n) is 9.70. The molecule has 144 valence electrons. The number of oxazole rings is 1. The molecule has 0 spiro atoms. The summed E-state index contributed by atoms with van der Waals surface area (Å²) in [5.41, 5.74) is 4.89. The second-order valence-electron chi connectivity index (χ2n) is 7.00. The molecule has 0 saturated carbocycles. The van der Waals surface area contributed by atoms with E-state index in [1.54, 1.807) is 19.5 Å². The number of nitrogens with zero attached hydrogens (tertiary/aromatic N) is 3. The molecule has 0 bridgehead atoms. The highest BCUT2D eigenvalue weighted by Gasteiger charge is 2.23. The van der Waals surface area contributed by atoms with Crippen LogP contribution in [0.3, 0.4) is 0 Å². The van der Waals surface area contributed by atoms with Crippen molar-refractivity contribution in [2.75, 3.05) is 20.2 Å². The zero-order valence-corrected chi connectivity index (χ0v) is 16.4. The topological polar surface area (TPSA) is 51.4 Å². The SMILES string of the molecule is CCC1=C(c2ncc(-c3ccc(OC)nc3)o2)CN(Cc2ccccc2)CC1. The summed E-state index contributed by atoms with van der Waals surface area (Å²) >= 11 is 0. The molecule has 0 N–H and O–H groups in total. The predicted molar refractivity (Wildman–Crippen MR) is 110 cm³/mol. The Kier molecular flexibility index (Phi) is 5.53. The fourth-order valence-electron chi connectivity index (χ4n) is 3.64. The number of aromatic nitrogens is 2. The number of benzene rings is 1. The van der Waals surface area contributed by atoms with Crippen LogP contribution in [0.2, 0.25) is 0 Å². The lowest BCUT2D eigenvalue weighted by molar-refractivity contribution is 0.288. The molecule has 0 fully saturated rings. The predicted octanol–water partition coefficient (Wildman–Crippen LogP) is 4.81. The van der Waals surface area contributed by atoms with Gasteiger partial charge >= 0.3 is 0 Å². The van der Waals surface area contributed by atoms with Gasteiger partial charge in [0.15, 0.2) is 5.76 Å². The Balaban J connectivity index is 1.55. The van der Waals surface area contributed by atoms with Gasteiger partial charge in [0.2, 0.25) is 11.8 Å². The third-order valence-electron chi connectivity index (χ3n) is 5.21. The lowest BCUT2D eigenvalue weighted by Gasteiger charge is -2.29. The Morgan fingerprint density at radius 3 is 2.64 bits per heavy atom. The molecule has 3 heterocycles. The van der Waals surface area contributed by atoms with Crippen LogP contribution in [0, 0.1) is 0 Å². The lowest BCUT2D eigenvalue weighted by atomic mass is 9.97. The van der Waals surface area contributed by atoms with E-state index in [0.717, 1.165) is 49.7 Å². The molecule has 2 aromatic heterocycles. The molecule has 4 rings (SSSR count). The van der Waals surface area contributed by atoms with Gasteiger partial charge in [-0.3, -0.25) is 4.90 Å². The minimum atomic E-state index is 0.586. The highest BCUT2D eigenvalue weighted by Crippen LogP contribution is 2.31. The van der Waals surface area contributed by atoms with Gasteiger partial charge in [-0.1, -0.05) is 42.8 Å². The molecule has 0 atom stereocenters. The first kappa shape index (κ1) is 18.4. The van der Waals surface area contributed by atoms with E-state index in [1.165, 1.54) is 16.7 Å². The van der Waals surface area contributed by atoms with Gasteiger partial charge in [0, 0.05) is 43.0 Å². The van der Waals surface area contributed by atoms with Gasteiger partial charge in [-0.25, -0.2) is 9.97 Å². The largest absolute Gasteiger partial charge is 0.481 e. The summed E-state index contributed by atoms with van der Waals surface area (Å²) in [5.74, 6) is 2.04. The number of rotatable bonds is 6. The summed E-state index contributed by atoms with van der Waals surface area (Å²) in [7, 11) is 1.61. The lowest BCUT2D eigenvalue weighted by Crippen LogP contribution is -2.30. The van der Waals surface area contributed by atoms with Crippen molar-refractivity contribution in [1.29, 1.82) is 0 Å². The molecule has 0 saturated heterocycles. The number of methoxy groups -OCH3 is 1. The number of hydrogen-bond acceptors (Lipinski definition) is 5. The Labute approximate surface area is 165 Å². The van der Waals surface area contributed by atoms with E-state index in [4.69, 9.17) is 9.15 Å². The normalized spacial score (nSPS) is 15.1. The summed E-state index contributed by atoms with van der Waals surface area (Å²) < 4.78 is 11.3. The summed E-state index contributed by atoms with van der Waals surface area (Å²) in [4.78, 5) is 11.3. The first-order chi connectivity index (χ1) is 13.8. The van der Waals surface area contributed by atoms with Crippen LogP contribution < -0.4 is 4.74 Å². The highest BCUT2D eigenvalue weighted by molar-refractivity contribution is 5.67. The van der Waals surface area contributed by atoms with Gasteiger partial charge < -0.3 is 9.15 Å². The molecule has 0 amide bonds. The van der Waals surface area contributed by atoms with E-state index in [0.29, 0.717) is 5.88 Å². The van der Waals surface area contributed by atoms with Gasteiger partial charge in [-0.05, 0) is 24.5 Å². The molecular formula is C23H25N3O2. The third kappa shape index (κ3) is 3.99. The van der Waals surface area contributed by atoms with Crippen molar-refractivity contribution in [1.82, 2.24) is 14.9 Å². The smallest absolute Gasteiger partial charge is 0.223 e. The summed E-state index contributed by atoms with van der Waals surface area (Å²) in [5, 5.41) is 0. The van der Waals surface area contributed by atoms with Crippen LogP contribution in [0.15, 0.2) is 64.8 Å². The van der Waals surface area contributed by atoms with Crippen molar-refractivity contribution >= 4 is 5.57 Å². The van der Waals surface area contributed by atoms with Gasteiger partial charge in [0.05, 0.1) is 13.3 Å². The second kappa shape index (κ2) is 8.40. The van der Waals surface area contributed by atoms with Crippen LogP contribution in [0.5, 0.6) is 5.88 Å². The van der Waals surface area contributed by atoms with Crippen molar-refractivity contribution in [3.8, 4) is 17.2 Å². The minimum absolute atomic E-state index is 0.586. The highest BCUT2D eigenvalue weighted by atomic mass is 16.5. The third-order valence-corrected chi connectivity index (χ3v) is 5.21. The van der Waals surface area contributed by atoms with Gasteiger partial charge in [-0.2, -0.15) is 0 Å². The van der Waals surface area contributed by atoms with Gasteiger partial charge in [-0.15, -0.1) is 0 Å². The monoisotopic (exact) mass is 375 g/mol. The zero-order valence-electron chi connectivity index (χ0n) is 16.4. The Morgan fingerprint density at radius 1 is 1.07 bits per heavy atom. The quantitative estimate of drug-likeness (QED) is 0.618. The van der Waals surface area contributed by atoms with E-state index in [9.17, 15) is 0 Å². The number of pyridine rings is 1. The van der Waals surface area contributed by atoms with Crippen LogP contribution in [0.1, 0.15) is 31.2 Å². The van der Waals surface area contributed by atoms with E-state index < -0.39 is 0 Å². The van der Waals surface area contributed by atoms with Gasteiger partial charge in [0.1, 0.15) is 0 Å². The molecule has 5 nitrogen and oxygen atoms in total. The van der Waals surface area contributed by atoms with Crippen molar-refractivity contribution in [2.24, 2.45) is 0 Å². The minimum Gasteiger partial charge on any atom is -0.481 e. The van der Waals surface area contributed by atoms with Gasteiger partial charge in [0.25, 0.3) is 0 Å². The molecule has 3 aromatic rings. The van der Waals surface area contributed by atoms with Crippen LogP contribution in [-0.4, -0.2) is 35.1 Å². The standard InChI is InChI=1S/C23H25N3O2/c1-3-18-11-12-26(15-17-7-5-4-6-8-17)16-20(18)23-25-14-21(28-23)19-9-10-22(27-2)24-13-19/h4-10,13-14H,3,11-12,15-16H2,1-2H3. The molecule has 5 heteroatoms. The average molecular weight is 375 g/mol. The summed E-state index contributed by atoms with van der Waals surface area (Å²) in [6.45, 7) is 5.08. The van der Waals surface area contributed by atoms with E-state index >= 15 is 0 Å². The Bertz CT molecular complexity index is 945. The number of ether oxygens (including phenoxy) is 1. The fourth-order valence-corrected chi connectivity index (χ4v) is 3.64. The second-order valence-corrected chi connectivity index (χ2v) is 7.00. The Hall–Kier alpha value is -2.92. The van der Waals surface area contributed by atoms with Crippen LogP contribution in [-0.2, 0) is 6.54 Å². The van der Waals surface area contributed by atoms with Crippen molar-refractivity contribution < 1.29 is 9.15 Å². The first-order valence-corrected chi connectivity index (χ1v) is 9.70. The summed E-state index contributed by atoms with van der Waals surface area (Å²) in [6.07, 6.45) is 5.62. The fraction of sp³-hybridized carbons (Fsp3) is 0.304.